The summed E-state index contributed by atoms with van der Waals surface area (Å²) in [5.41, 5.74) is 0. The Balaban J connectivity index is 1.63. The Kier molecular flexibility index (Phi) is 42.1. The van der Waals surface area contributed by atoms with Crippen LogP contribution in [-0.4, -0.2) is 140 Å². The molecule has 2 heterocycles. The molecule has 12 unspecified atom stereocenters. The number of aliphatic hydroxyl groups is 8. The van der Waals surface area contributed by atoms with Crippen molar-refractivity contribution in [3.8, 4) is 0 Å². The number of carbonyl (C=O) groups excluding carboxylic acids is 1. The molecule has 76 heavy (non-hydrogen) atoms. The topological polar surface area (TPSA) is 228 Å². The van der Waals surface area contributed by atoms with E-state index in [0.29, 0.717) is 12.8 Å². The molecule has 0 aliphatic carbocycles. The Morgan fingerprint density at radius 1 is 0.500 bits per heavy atom. The van der Waals surface area contributed by atoms with Crippen molar-refractivity contribution in [2.45, 2.75) is 254 Å². The van der Waals surface area contributed by atoms with Gasteiger partial charge >= 0.3 is 0 Å². The highest BCUT2D eigenvalue weighted by molar-refractivity contribution is 5.76. The SMILES string of the molecule is C/C=C/CC/C=C/CC/C=C/C(O)C(COC1OC(CO)C(OC2OC(CO)C(O)C(O)C2O)C(O)C1O)NC(=O)CCCCCCCCCCCCCCCC/C=C\C/C=C\C/C=C\C/C=C\C/C=C\C/C=C\CC. The number of hydrogen-bond donors (Lipinski definition) is 9. The fourth-order valence-electron chi connectivity index (χ4n) is 8.86. The molecule has 2 saturated heterocycles. The van der Waals surface area contributed by atoms with Crippen LogP contribution in [0.2, 0.25) is 0 Å². The number of unbranched alkanes of at least 4 members (excludes halogenated alkanes) is 16. The van der Waals surface area contributed by atoms with E-state index >= 15 is 0 Å². The molecular formula is C62H103NO13. The summed E-state index contributed by atoms with van der Waals surface area (Å²) in [4.78, 5) is 13.2. The van der Waals surface area contributed by atoms with Gasteiger partial charge in [-0.15, -0.1) is 0 Å². The number of rotatable bonds is 44. The molecule has 2 aliphatic rings. The summed E-state index contributed by atoms with van der Waals surface area (Å²) in [6, 6.07) is -0.942. The van der Waals surface area contributed by atoms with E-state index < -0.39 is 86.8 Å². The Morgan fingerprint density at radius 2 is 0.934 bits per heavy atom. The quantitative estimate of drug-likeness (QED) is 0.0205. The molecule has 0 aromatic carbocycles. The Bertz CT molecular complexity index is 1690. The number of amides is 1. The van der Waals surface area contributed by atoms with Gasteiger partial charge in [0.1, 0.15) is 48.8 Å². The number of ether oxygens (including phenoxy) is 4. The molecule has 1 amide bonds. The fraction of sp³-hybridized carbons (Fsp3) is 0.694. The zero-order valence-corrected chi connectivity index (χ0v) is 46.4. The number of allylic oxidation sites excluding steroid dienone is 17. The lowest BCUT2D eigenvalue weighted by Gasteiger charge is -2.46. The minimum Gasteiger partial charge on any atom is -0.394 e. The maximum Gasteiger partial charge on any atom is 0.220 e. The van der Waals surface area contributed by atoms with Gasteiger partial charge in [0.15, 0.2) is 12.6 Å². The second kappa shape index (κ2) is 46.6. The van der Waals surface area contributed by atoms with Gasteiger partial charge in [0, 0.05) is 6.42 Å². The van der Waals surface area contributed by atoms with E-state index in [1.165, 1.54) is 70.6 Å². The average molecular weight is 1070 g/mol. The molecule has 2 fully saturated rings. The second-order valence-electron chi connectivity index (χ2n) is 20.0. The molecule has 0 aromatic heterocycles. The van der Waals surface area contributed by atoms with E-state index in [1.54, 1.807) is 6.08 Å². The minimum atomic E-state index is -1.80. The van der Waals surface area contributed by atoms with Crippen molar-refractivity contribution >= 4 is 5.91 Å². The molecule has 0 aromatic rings. The number of hydrogen-bond acceptors (Lipinski definition) is 13. The summed E-state index contributed by atoms with van der Waals surface area (Å²) in [6.45, 7) is 2.39. The third-order valence-corrected chi connectivity index (χ3v) is 13.5. The first kappa shape index (κ1) is 68.8. The summed E-state index contributed by atoms with van der Waals surface area (Å²) >= 11 is 0. The predicted molar refractivity (Wildman–Crippen MR) is 304 cm³/mol. The lowest BCUT2D eigenvalue weighted by Crippen LogP contribution is -2.65. The lowest BCUT2D eigenvalue weighted by molar-refractivity contribution is -0.359. The molecule has 2 aliphatic heterocycles. The van der Waals surface area contributed by atoms with Crippen LogP contribution in [0.15, 0.2) is 109 Å². The van der Waals surface area contributed by atoms with Gasteiger partial charge in [-0.2, -0.15) is 0 Å². The van der Waals surface area contributed by atoms with Gasteiger partial charge in [-0.05, 0) is 90.4 Å². The first-order valence-corrected chi connectivity index (χ1v) is 29.1. The van der Waals surface area contributed by atoms with Gasteiger partial charge in [-0.3, -0.25) is 4.79 Å². The van der Waals surface area contributed by atoms with Crippen LogP contribution in [0.5, 0.6) is 0 Å². The third kappa shape index (κ3) is 31.9. The average Bonchev–Trinajstić information content (AvgIpc) is 3.42. The van der Waals surface area contributed by atoms with Gasteiger partial charge in [0.05, 0.1) is 32.0 Å². The van der Waals surface area contributed by atoms with Crippen LogP contribution in [0, 0.1) is 0 Å². The molecule has 14 heteroatoms. The first-order valence-electron chi connectivity index (χ1n) is 29.1. The van der Waals surface area contributed by atoms with E-state index in [1.807, 2.05) is 19.1 Å². The third-order valence-electron chi connectivity index (χ3n) is 13.5. The van der Waals surface area contributed by atoms with Crippen molar-refractivity contribution < 1.29 is 64.6 Å². The van der Waals surface area contributed by atoms with Crippen molar-refractivity contribution in [3.05, 3.63) is 109 Å². The lowest BCUT2D eigenvalue weighted by atomic mass is 9.97. The molecular weight excluding hydrogens is 967 g/mol. The second-order valence-corrected chi connectivity index (χ2v) is 20.0. The number of nitrogens with one attached hydrogen (secondary N) is 1. The highest BCUT2D eigenvalue weighted by Crippen LogP contribution is 2.30. The van der Waals surface area contributed by atoms with Gasteiger partial charge in [-0.25, -0.2) is 0 Å². The standard InChI is InChI=1S/C62H103NO13/c1-3-5-7-9-11-13-14-15-16-17-18-19-20-21-22-23-24-25-26-27-28-29-30-31-32-33-34-35-36-38-40-42-44-46-54(67)63-50(51(66)45-43-41-39-37-12-10-8-6-4-2)49-73-61-59(72)57(70)60(53(48-65)75-61)76-62-58(71)56(69)55(68)52(47-64)74-62/h4-7,11-13,15-16,18-19,21-22,24-25,37,43,45,50-53,55-62,64-66,68-72H,3,8-10,14,17,20,23,26-36,38-42,44,46-49H2,1-2H3,(H,63,67)/b6-4+,7-5-,13-11-,16-15-,19-18-,22-21-,25-24-,37-12+,45-43+. The first-order chi connectivity index (χ1) is 37.1. The maximum atomic E-state index is 13.2. The summed E-state index contributed by atoms with van der Waals surface area (Å²) in [5.74, 6) is -0.263. The monoisotopic (exact) mass is 1070 g/mol. The van der Waals surface area contributed by atoms with Gasteiger partial charge in [0.2, 0.25) is 5.91 Å². The zero-order chi connectivity index (χ0) is 55.3. The molecule has 0 spiro atoms. The van der Waals surface area contributed by atoms with Crippen LogP contribution in [0.1, 0.15) is 181 Å². The van der Waals surface area contributed by atoms with E-state index in [4.69, 9.17) is 18.9 Å². The molecule has 0 bridgehead atoms. The molecule has 14 nitrogen and oxygen atoms in total. The fourth-order valence-corrected chi connectivity index (χ4v) is 8.86. The summed E-state index contributed by atoms with van der Waals surface area (Å²) in [6.07, 6.45) is 49.0. The van der Waals surface area contributed by atoms with Crippen molar-refractivity contribution in [3.63, 3.8) is 0 Å². The summed E-state index contributed by atoms with van der Waals surface area (Å²) in [7, 11) is 0. The maximum absolute atomic E-state index is 13.2. The molecule has 12 atom stereocenters. The Labute approximate surface area is 457 Å². The predicted octanol–water partition coefficient (Wildman–Crippen LogP) is 9.66. The van der Waals surface area contributed by atoms with Crippen LogP contribution < -0.4 is 5.32 Å². The summed E-state index contributed by atoms with van der Waals surface area (Å²) < 4.78 is 22.7. The molecule has 2 rings (SSSR count). The largest absolute Gasteiger partial charge is 0.394 e. The highest BCUT2D eigenvalue weighted by Gasteiger charge is 2.51. The highest BCUT2D eigenvalue weighted by atomic mass is 16.7. The Hall–Kier alpha value is -3.35. The van der Waals surface area contributed by atoms with Gasteiger partial charge in [-0.1, -0.05) is 193 Å². The van der Waals surface area contributed by atoms with Gasteiger partial charge < -0.3 is 65.1 Å². The normalized spacial score (nSPS) is 25.7. The summed E-state index contributed by atoms with van der Waals surface area (Å²) in [5, 5.41) is 86.7. The molecule has 434 valence electrons. The van der Waals surface area contributed by atoms with Crippen molar-refractivity contribution in [2.75, 3.05) is 19.8 Å². The van der Waals surface area contributed by atoms with Crippen molar-refractivity contribution in [1.82, 2.24) is 5.32 Å². The minimum absolute atomic E-state index is 0.262. The van der Waals surface area contributed by atoms with Gasteiger partial charge in [0.25, 0.3) is 0 Å². The molecule has 0 saturated carbocycles. The van der Waals surface area contributed by atoms with E-state index in [2.05, 4.69) is 103 Å². The van der Waals surface area contributed by atoms with E-state index in [-0.39, 0.29) is 18.9 Å². The van der Waals surface area contributed by atoms with Crippen molar-refractivity contribution in [2.24, 2.45) is 0 Å². The van der Waals surface area contributed by atoms with Crippen LogP contribution in [0.4, 0.5) is 0 Å². The van der Waals surface area contributed by atoms with Crippen LogP contribution in [-0.2, 0) is 23.7 Å². The smallest absolute Gasteiger partial charge is 0.220 e. The van der Waals surface area contributed by atoms with Crippen LogP contribution >= 0.6 is 0 Å². The van der Waals surface area contributed by atoms with E-state index in [9.17, 15) is 45.6 Å². The molecule has 0 radical (unpaired) electrons. The van der Waals surface area contributed by atoms with E-state index in [0.717, 1.165) is 77.0 Å². The van der Waals surface area contributed by atoms with Crippen LogP contribution in [0.25, 0.3) is 0 Å². The number of carbonyl (C=O) groups is 1. The van der Waals surface area contributed by atoms with Crippen molar-refractivity contribution in [1.29, 1.82) is 0 Å². The Morgan fingerprint density at radius 3 is 1.45 bits per heavy atom. The van der Waals surface area contributed by atoms with Crippen LogP contribution in [0.3, 0.4) is 0 Å². The number of aliphatic hydroxyl groups excluding tert-OH is 8. The zero-order valence-electron chi connectivity index (χ0n) is 46.4. The molecule has 9 N–H and O–H groups in total.